The van der Waals surface area contributed by atoms with E-state index in [2.05, 4.69) is 37.6 Å². The van der Waals surface area contributed by atoms with E-state index in [1.807, 2.05) is 18.2 Å². The van der Waals surface area contributed by atoms with Gasteiger partial charge in [0.05, 0.1) is 0 Å². The average molecular weight is 339 g/mol. The summed E-state index contributed by atoms with van der Waals surface area (Å²) in [6.45, 7) is 2.69. The molecule has 2 amide bonds. The lowest BCUT2D eigenvalue weighted by Gasteiger charge is -2.32. The summed E-state index contributed by atoms with van der Waals surface area (Å²) in [5.74, 6) is -1.26. The number of nitrogens with one attached hydrogen (secondary N) is 2. The highest BCUT2D eigenvalue weighted by atomic mass is 16.2. The van der Waals surface area contributed by atoms with E-state index in [9.17, 15) is 9.59 Å². The van der Waals surface area contributed by atoms with Gasteiger partial charge in [-0.1, -0.05) is 30.3 Å². The summed E-state index contributed by atoms with van der Waals surface area (Å²) in [4.78, 5) is 34.0. The van der Waals surface area contributed by atoms with E-state index in [0.29, 0.717) is 0 Å². The lowest BCUT2D eigenvalue weighted by atomic mass is 10.0. The van der Waals surface area contributed by atoms with Crippen LogP contribution in [0.4, 0.5) is 5.95 Å². The first kappa shape index (κ1) is 17.0. The van der Waals surface area contributed by atoms with Crippen molar-refractivity contribution in [2.45, 2.75) is 25.4 Å². The molecule has 0 atom stereocenters. The van der Waals surface area contributed by atoms with Crippen LogP contribution >= 0.6 is 0 Å². The van der Waals surface area contributed by atoms with Crippen molar-refractivity contribution in [1.82, 2.24) is 20.2 Å². The molecule has 1 fully saturated rings. The van der Waals surface area contributed by atoms with Gasteiger partial charge in [0.15, 0.2) is 0 Å². The minimum atomic E-state index is -0.738. The van der Waals surface area contributed by atoms with Crippen LogP contribution in [0, 0.1) is 0 Å². The Morgan fingerprint density at radius 2 is 1.68 bits per heavy atom. The molecule has 7 nitrogen and oxygen atoms in total. The zero-order valence-electron chi connectivity index (χ0n) is 13.9. The Morgan fingerprint density at radius 1 is 1.00 bits per heavy atom. The highest BCUT2D eigenvalue weighted by Gasteiger charge is 2.23. The molecule has 1 saturated heterocycles. The van der Waals surface area contributed by atoms with E-state index in [0.717, 1.165) is 32.5 Å². The van der Waals surface area contributed by atoms with Crippen LogP contribution in [0.15, 0.2) is 48.8 Å². The zero-order chi connectivity index (χ0) is 17.5. The predicted molar refractivity (Wildman–Crippen MR) is 93.5 cm³/mol. The summed E-state index contributed by atoms with van der Waals surface area (Å²) >= 11 is 0. The van der Waals surface area contributed by atoms with Crippen LogP contribution < -0.4 is 10.6 Å². The fraction of sp³-hybridized carbons (Fsp3) is 0.333. The lowest BCUT2D eigenvalue weighted by Crippen LogP contribution is -2.47. The number of carbonyl (C=O) groups excluding carboxylic acids is 2. The van der Waals surface area contributed by atoms with Crippen molar-refractivity contribution in [3.05, 3.63) is 54.4 Å². The molecular weight excluding hydrogens is 318 g/mol. The third kappa shape index (κ3) is 5.09. The molecular formula is C18H21N5O2. The predicted octanol–water partition coefficient (Wildman–Crippen LogP) is 1.20. The van der Waals surface area contributed by atoms with Crippen LogP contribution in [0.5, 0.6) is 0 Å². The topological polar surface area (TPSA) is 87.2 Å². The second-order valence-corrected chi connectivity index (χ2v) is 6.04. The number of likely N-dealkylation sites (tertiary alicyclic amines) is 1. The van der Waals surface area contributed by atoms with Gasteiger partial charge in [-0.25, -0.2) is 9.97 Å². The summed E-state index contributed by atoms with van der Waals surface area (Å²) in [5, 5.41) is 5.18. The smallest absolute Gasteiger partial charge is 0.316 e. The Bertz CT molecular complexity index is 700. The fourth-order valence-corrected chi connectivity index (χ4v) is 2.85. The van der Waals surface area contributed by atoms with Crippen molar-refractivity contribution >= 4 is 17.8 Å². The van der Waals surface area contributed by atoms with E-state index in [1.54, 1.807) is 6.07 Å². The molecule has 1 aromatic heterocycles. The first-order chi connectivity index (χ1) is 12.2. The normalized spacial score (nSPS) is 15.5. The van der Waals surface area contributed by atoms with Gasteiger partial charge >= 0.3 is 11.8 Å². The summed E-state index contributed by atoms with van der Waals surface area (Å²) in [5.41, 5.74) is 1.28. The molecule has 7 heteroatoms. The Hall–Kier alpha value is -2.80. The SMILES string of the molecule is O=C(Nc1ncccn1)C(=O)NC1CCN(Cc2ccccc2)CC1. The molecule has 3 rings (SSSR count). The molecule has 0 radical (unpaired) electrons. The summed E-state index contributed by atoms with van der Waals surface area (Å²) in [6, 6.07) is 12.0. The summed E-state index contributed by atoms with van der Waals surface area (Å²) < 4.78 is 0. The zero-order valence-corrected chi connectivity index (χ0v) is 13.9. The summed E-state index contributed by atoms with van der Waals surface area (Å²) in [7, 11) is 0. The third-order valence-electron chi connectivity index (χ3n) is 4.17. The third-order valence-corrected chi connectivity index (χ3v) is 4.17. The van der Waals surface area contributed by atoms with Crippen LogP contribution in [-0.2, 0) is 16.1 Å². The molecule has 1 aromatic carbocycles. The van der Waals surface area contributed by atoms with E-state index in [-0.39, 0.29) is 12.0 Å². The molecule has 25 heavy (non-hydrogen) atoms. The van der Waals surface area contributed by atoms with Gasteiger partial charge in [0.25, 0.3) is 0 Å². The summed E-state index contributed by atoms with van der Waals surface area (Å²) in [6.07, 6.45) is 4.66. The molecule has 0 saturated carbocycles. The Labute approximate surface area is 146 Å². The van der Waals surface area contributed by atoms with Gasteiger partial charge in [0.1, 0.15) is 0 Å². The van der Waals surface area contributed by atoms with Gasteiger partial charge in [-0.15, -0.1) is 0 Å². The number of rotatable bonds is 4. The number of carbonyl (C=O) groups is 2. The molecule has 2 aromatic rings. The monoisotopic (exact) mass is 339 g/mol. The van der Waals surface area contributed by atoms with Gasteiger partial charge in [-0.3, -0.25) is 19.8 Å². The molecule has 0 unspecified atom stereocenters. The molecule has 1 aliphatic rings. The molecule has 0 spiro atoms. The van der Waals surface area contributed by atoms with Crippen LogP contribution in [0.25, 0.3) is 0 Å². The van der Waals surface area contributed by atoms with E-state index in [4.69, 9.17) is 0 Å². The van der Waals surface area contributed by atoms with Crippen molar-refractivity contribution in [1.29, 1.82) is 0 Å². The first-order valence-electron chi connectivity index (χ1n) is 8.36. The molecule has 0 aliphatic carbocycles. The van der Waals surface area contributed by atoms with Gasteiger partial charge in [0, 0.05) is 38.1 Å². The minimum absolute atomic E-state index is 0.0157. The maximum absolute atomic E-state index is 12.0. The van der Waals surface area contributed by atoms with Crippen molar-refractivity contribution < 1.29 is 9.59 Å². The number of benzene rings is 1. The number of hydrogen-bond acceptors (Lipinski definition) is 5. The van der Waals surface area contributed by atoms with E-state index in [1.165, 1.54) is 18.0 Å². The maximum atomic E-state index is 12.0. The van der Waals surface area contributed by atoms with Gasteiger partial charge < -0.3 is 5.32 Å². The minimum Gasteiger partial charge on any atom is -0.345 e. The lowest BCUT2D eigenvalue weighted by molar-refractivity contribution is -0.136. The Morgan fingerprint density at radius 3 is 2.36 bits per heavy atom. The standard InChI is InChI=1S/C18H21N5O2/c24-16(17(25)22-18-19-9-4-10-20-18)21-15-7-11-23(12-8-15)13-14-5-2-1-3-6-14/h1-6,9-10,15H,7-8,11-13H2,(H,21,24)(H,19,20,22,25). The van der Waals surface area contributed by atoms with Gasteiger partial charge in [0.2, 0.25) is 5.95 Å². The van der Waals surface area contributed by atoms with Crippen molar-refractivity contribution in [2.24, 2.45) is 0 Å². The largest absolute Gasteiger partial charge is 0.345 e. The van der Waals surface area contributed by atoms with E-state index >= 15 is 0 Å². The Balaban J connectivity index is 1.42. The first-order valence-corrected chi connectivity index (χ1v) is 8.36. The number of anilines is 1. The quantitative estimate of drug-likeness (QED) is 0.817. The molecule has 2 heterocycles. The van der Waals surface area contributed by atoms with Crippen molar-refractivity contribution in [3.8, 4) is 0 Å². The highest BCUT2D eigenvalue weighted by molar-refractivity contribution is 6.39. The molecule has 1 aliphatic heterocycles. The second-order valence-electron chi connectivity index (χ2n) is 6.04. The number of aromatic nitrogens is 2. The Kier molecular flexibility index (Phi) is 5.69. The van der Waals surface area contributed by atoms with E-state index < -0.39 is 11.8 Å². The number of piperidine rings is 1. The number of amides is 2. The number of hydrogen-bond donors (Lipinski definition) is 2. The van der Waals surface area contributed by atoms with Crippen molar-refractivity contribution in [2.75, 3.05) is 18.4 Å². The molecule has 0 bridgehead atoms. The average Bonchev–Trinajstić information content (AvgIpc) is 2.65. The number of nitrogens with zero attached hydrogens (tertiary/aromatic N) is 3. The van der Waals surface area contributed by atoms with Crippen molar-refractivity contribution in [3.63, 3.8) is 0 Å². The second kappa shape index (κ2) is 8.34. The fourth-order valence-electron chi connectivity index (χ4n) is 2.85. The maximum Gasteiger partial charge on any atom is 0.316 e. The molecule has 130 valence electrons. The van der Waals surface area contributed by atoms with Crippen LogP contribution in [0.1, 0.15) is 18.4 Å². The highest BCUT2D eigenvalue weighted by Crippen LogP contribution is 2.13. The van der Waals surface area contributed by atoms with Gasteiger partial charge in [-0.2, -0.15) is 0 Å². The van der Waals surface area contributed by atoms with Crippen LogP contribution in [0.3, 0.4) is 0 Å². The van der Waals surface area contributed by atoms with Gasteiger partial charge in [-0.05, 0) is 24.5 Å². The van der Waals surface area contributed by atoms with Crippen LogP contribution in [0.2, 0.25) is 0 Å². The van der Waals surface area contributed by atoms with Crippen LogP contribution in [-0.4, -0.2) is 45.8 Å². The molecule has 2 N–H and O–H groups in total.